The molecule has 0 bridgehead atoms. The van der Waals surface area contributed by atoms with Gasteiger partial charge in [0, 0.05) is 25.5 Å². The van der Waals surface area contributed by atoms with E-state index in [0.717, 1.165) is 60.6 Å². The standard InChI is InChI=1S/C20H30N4O2S/c1-6-21-20(24(3)13-17-14-27-15(2)23-17)22-11-7-8-16-9-10-18(25-4)19(12-16)26-5/h9-10,12,14H,6-8,11,13H2,1-5H3,(H,21,22). The first kappa shape index (κ1) is 21.0. The third-order valence-corrected chi connectivity index (χ3v) is 4.92. The van der Waals surface area contributed by atoms with Crippen LogP contribution in [0.1, 0.15) is 29.6 Å². The molecule has 0 spiro atoms. The number of nitrogens with one attached hydrogen (secondary N) is 1. The maximum Gasteiger partial charge on any atom is 0.194 e. The van der Waals surface area contributed by atoms with Crippen LogP contribution in [-0.4, -0.2) is 50.2 Å². The first-order valence-corrected chi connectivity index (χ1v) is 10.1. The van der Waals surface area contributed by atoms with E-state index in [9.17, 15) is 0 Å². The Morgan fingerprint density at radius 2 is 2.04 bits per heavy atom. The largest absolute Gasteiger partial charge is 0.493 e. The molecule has 1 aromatic carbocycles. The summed E-state index contributed by atoms with van der Waals surface area (Å²) in [6.07, 6.45) is 1.91. The maximum atomic E-state index is 5.37. The summed E-state index contributed by atoms with van der Waals surface area (Å²) in [6, 6.07) is 6.06. The number of ether oxygens (including phenoxy) is 2. The van der Waals surface area contributed by atoms with Gasteiger partial charge in [0.1, 0.15) is 0 Å². The Labute approximate surface area is 166 Å². The van der Waals surface area contributed by atoms with E-state index in [1.165, 1.54) is 5.56 Å². The highest BCUT2D eigenvalue weighted by atomic mass is 32.1. The molecule has 0 aliphatic rings. The molecule has 0 saturated carbocycles. The number of guanidine groups is 1. The van der Waals surface area contributed by atoms with Crippen LogP contribution in [-0.2, 0) is 13.0 Å². The van der Waals surface area contributed by atoms with Gasteiger partial charge in [-0.2, -0.15) is 0 Å². The molecule has 0 saturated heterocycles. The summed E-state index contributed by atoms with van der Waals surface area (Å²) in [6.45, 7) is 6.47. The Balaban J connectivity index is 1.90. The fourth-order valence-corrected chi connectivity index (χ4v) is 3.38. The first-order valence-electron chi connectivity index (χ1n) is 9.18. The van der Waals surface area contributed by atoms with E-state index < -0.39 is 0 Å². The Bertz CT molecular complexity index is 745. The van der Waals surface area contributed by atoms with Crippen molar-refractivity contribution in [2.75, 3.05) is 34.4 Å². The molecule has 1 N–H and O–H groups in total. The molecule has 7 heteroatoms. The summed E-state index contributed by atoms with van der Waals surface area (Å²) >= 11 is 1.68. The van der Waals surface area contributed by atoms with Gasteiger partial charge in [-0.3, -0.25) is 4.99 Å². The number of aliphatic imine (C=N–C) groups is 1. The number of thiazole rings is 1. The highest BCUT2D eigenvalue weighted by molar-refractivity contribution is 7.09. The lowest BCUT2D eigenvalue weighted by atomic mass is 10.1. The Kier molecular flexibility index (Phi) is 8.39. The molecule has 1 aromatic heterocycles. The molecule has 0 fully saturated rings. The quantitative estimate of drug-likeness (QED) is 0.403. The number of aryl methyl sites for hydroxylation is 2. The highest BCUT2D eigenvalue weighted by Gasteiger charge is 2.09. The molecule has 6 nitrogen and oxygen atoms in total. The van der Waals surface area contributed by atoms with Gasteiger partial charge in [-0.15, -0.1) is 11.3 Å². The molecule has 0 radical (unpaired) electrons. The summed E-state index contributed by atoms with van der Waals surface area (Å²) in [5.74, 6) is 2.44. The molecule has 0 unspecified atom stereocenters. The molecule has 1 heterocycles. The van der Waals surface area contributed by atoms with Crippen molar-refractivity contribution in [2.24, 2.45) is 4.99 Å². The van der Waals surface area contributed by atoms with E-state index in [-0.39, 0.29) is 0 Å². The van der Waals surface area contributed by atoms with E-state index in [1.54, 1.807) is 25.6 Å². The normalized spacial score (nSPS) is 11.4. The molecule has 2 aromatic rings. The molecule has 0 aliphatic carbocycles. The summed E-state index contributed by atoms with van der Waals surface area (Å²) < 4.78 is 10.7. The predicted molar refractivity (Wildman–Crippen MR) is 112 cm³/mol. The van der Waals surface area contributed by atoms with Crippen LogP contribution in [0.3, 0.4) is 0 Å². The topological polar surface area (TPSA) is 59.0 Å². The van der Waals surface area contributed by atoms with Crippen molar-refractivity contribution in [1.82, 2.24) is 15.2 Å². The summed E-state index contributed by atoms with van der Waals surface area (Å²) in [5, 5.41) is 6.55. The maximum absolute atomic E-state index is 5.37. The monoisotopic (exact) mass is 390 g/mol. The molecule has 0 atom stereocenters. The van der Waals surface area contributed by atoms with Gasteiger partial charge in [0.05, 0.1) is 31.5 Å². The minimum atomic E-state index is 0.756. The van der Waals surface area contributed by atoms with E-state index in [4.69, 9.17) is 14.5 Å². The average Bonchev–Trinajstić information content (AvgIpc) is 3.08. The molecule has 148 valence electrons. The second kappa shape index (κ2) is 10.8. The first-order chi connectivity index (χ1) is 13.1. The van der Waals surface area contributed by atoms with Gasteiger partial charge in [-0.05, 0) is 44.4 Å². The van der Waals surface area contributed by atoms with E-state index in [2.05, 4.69) is 33.6 Å². The second-order valence-electron chi connectivity index (χ2n) is 6.24. The lowest BCUT2D eigenvalue weighted by Gasteiger charge is -2.21. The van der Waals surface area contributed by atoms with Crippen molar-refractivity contribution in [2.45, 2.75) is 33.2 Å². The zero-order chi connectivity index (χ0) is 19.6. The van der Waals surface area contributed by atoms with E-state index >= 15 is 0 Å². The number of hydrogen-bond acceptors (Lipinski definition) is 5. The fourth-order valence-electron chi connectivity index (χ4n) is 2.77. The molecular formula is C20H30N4O2S. The minimum Gasteiger partial charge on any atom is -0.493 e. The van der Waals surface area contributed by atoms with Crippen molar-refractivity contribution in [1.29, 1.82) is 0 Å². The van der Waals surface area contributed by atoms with Crippen LogP contribution in [0.2, 0.25) is 0 Å². The Morgan fingerprint density at radius 1 is 1.26 bits per heavy atom. The van der Waals surface area contributed by atoms with E-state index in [1.807, 2.05) is 26.1 Å². The van der Waals surface area contributed by atoms with Gasteiger partial charge in [0.15, 0.2) is 17.5 Å². The number of nitrogens with zero attached hydrogens (tertiary/aromatic N) is 3. The van der Waals surface area contributed by atoms with Crippen LogP contribution < -0.4 is 14.8 Å². The van der Waals surface area contributed by atoms with Gasteiger partial charge in [0.2, 0.25) is 0 Å². The molecule has 2 rings (SSSR count). The van der Waals surface area contributed by atoms with Crippen LogP contribution in [0.5, 0.6) is 11.5 Å². The zero-order valence-electron chi connectivity index (χ0n) is 16.9. The highest BCUT2D eigenvalue weighted by Crippen LogP contribution is 2.27. The number of benzene rings is 1. The van der Waals surface area contributed by atoms with Gasteiger partial charge in [0.25, 0.3) is 0 Å². The van der Waals surface area contributed by atoms with Gasteiger partial charge in [-0.1, -0.05) is 6.07 Å². The third-order valence-electron chi connectivity index (χ3n) is 4.10. The van der Waals surface area contributed by atoms with Crippen LogP contribution in [0.15, 0.2) is 28.6 Å². The predicted octanol–water partition coefficient (Wildman–Crippen LogP) is 3.50. The number of aromatic nitrogens is 1. The number of methoxy groups -OCH3 is 2. The van der Waals surface area contributed by atoms with Gasteiger partial charge < -0.3 is 19.7 Å². The van der Waals surface area contributed by atoms with Crippen LogP contribution in [0.25, 0.3) is 0 Å². The number of rotatable bonds is 9. The molecule has 27 heavy (non-hydrogen) atoms. The van der Waals surface area contributed by atoms with Crippen LogP contribution in [0, 0.1) is 6.92 Å². The van der Waals surface area contributed by atoms with E-state index in [0.29, 0.717) is 0 Å². The zero-order valence-corrected chi connectivity index (χ0v) is 17.7. The lowest BCUT2D eigenvalue weighted by Crippen LogP contribution is -2.38. The lowest BCUT2D eigenvalue weighted by molar-refractivity contribution is 0.354. The summed E-state index contributed by atoms with van der Waals surface area (Å²) in [5.41, 5.74) is 2.30. The summed E-state index contributed by atoms with van der Waals surface area (Å²) in [7, 11) is 5.36. The summed E-state index contributed by atoms with van der Waals surface area (Å²) in [4.78, 5) is 11.4. The van der Waals surface area contributed by atoms with Crippen molar-refractivity contribution in [3.8, 4) is 11.5 Å². The third kappa shape index (κ3) is 6.43. The Hall–Kier alpha value is -2.28. The molecule has 0 amide bonds. The van der Waals surface area contributed by atoms with Gasteiger partial charge >= 0.3 is 0 Å². The number of hydrogen-bond donors (Lipinski definition) is 1. The SMILES string of the molecule is CCNC(=NCCCc1ccc(OC)c(OC)c1)N(C)Cc1csc(C)n1. The minimum absolute atomic E-state index is 0.756. The molecule has 0 aliphatic heterocycles. The van der Waals surface area contributed by atoms with Gasteiger partial charge in [-0.25, -0.2) is 4.98 Å². The van der Waals surface area contributed by atoms with Crippen molar-refractivity contribution < 1.29 is 9.47 Å². The van der Waals surface area contributed by atoms with Crippen LogP contribution >= 0.6 is 11.3 Å². The molecular weight excluding hydrogens is 360 g/mol. The Morgan fingerprint density at radius 3 is 2.67 bits per heavy atom. The van der Waals surface area contributed by atoms with Crippen LogP contribution in [0.4, 0.5) is 0 Å². The van der Waals surface area contributed by atoms with Crippen molar-refractivity contribution in [3.63, 3.8) is 0 Å². The smallest absolute Gasteiger partial charge is 0.194 e. The second-order valence-corrected chi connectivity index (χ2v) is 7.30. The van der Waals surface area contributed by atoms with Crippen molar-refractivity contribution in [3.05, 3.63) is 39.8 Å². The average molecular weight is 391 g/mol. The van der Waals surface area contributed by atoms with Crippen molar-refractivity contribution >= 4 is 17.3 Å². The fraction of sp³-hybridized carbons (Fsp3) is 0.500.